The van der Waals surface area contributed by atoms with E-state index in [9.17, 15) is 0 Å². The van der Waals surface area contributed by atoms with E-state index >= 15 is 0 Å². The molecule has 1 aliphatic heterocycles. The highest BCUT2D eigenvalue weighted by Crippen LogP contribution is 2.50. The summed E-state index contributed by atoms with van der Waals surface area (Å²) in [6, 6.07) is 29.2. The Balaban J connectivity index is 1.75. The Labute approximate surface area is 157 Å². The maximum Gasteiger partial charge on any atom is 0.0577 e. The van der Waals surface area contributed by atoms with Crippen LogP contribution in [0.3, 0.4) is 0 Å². The van der Waals surface area contributed by atoms with Crippen LogP contribution in [0.2, 0.25) is 0 Å². The van der Waals surface area contributed by atoms with Gasteiger partial charge in [-0.15, -0.1) is 0 Å². The van der Waals surface area contributed by atoms with Gasteiger partial charge in [-0.3, -0.25) is 0 Å². The van der Waals surface area contributed by atoms with E-state index in [1.54, 1.807) is 0 Å². The first-order chi connectivity index (χ1) is 13.4. The molecule has 1 nitrogen and oxygen atoms in total. The van der Waals surface area contributed by atoms with Crippen LogP contribution in [0.15, 0.2) is 78.9 Å². The Morgan fingerprint density at radius 2 is 1.37 bits per heavy atom. The van der Waals surface area contributed by atoms with Gasteiger partial charge in [0.2, 0.25) is 0 Å². The van der Waals surface area contributed by atoms with Crippen molar-refractivity contribution in [3.63, 3.8) is 0 Å². The van der Waals surface area contributed by atoms with Gasteiger partial charge in [-0.05, 0) is 51.9 Å². The molecule has 0 saturated carbocycles. The van der Waals surface area contributed by atoms with Crippen LogP contribution in [0.5, 0.6) is 0 Å². The van der Waals surface area contributed by atoms with Gasteiger partial charge in [0.15, 0.2) is 0 Å². The van der Waals surface area contributed by atoms with Crippen molar-refractivity contribution in [2.75, 3.05) is 0 Å². The smallest absolute Gasteiger partial charge is 0.0577 e. The lowest BCUT2D eigenvalue weighted by atomic mass is 9.88. The van der Waals surface area contributed by atoms with Crippen molar-refractivity contribution < 1.29 is 0 Å². The summed E-state index contributed by atoms with van der Waals surface area (Å²) < 4.78 is 2.53. The number of para-hydroxylation sites is 1. The van der Waals surface area contributed by atoms with E-state index in [1.165, 1.54) is 60.8 Å². The molecular weight excluding hydrogens is 326 g/mol. The zero-order valence-corrected chi connectivity index (χ0v) is 14.9. The summed E-state index contributed by atoms with van der Waals surface area (Å²) in [6.45, 7) is 0.957. The number of benzene rings is 4. The van der Waals surface area contributed by atoms with Gasteiger partial charge >= 0.3 is 0 Å². The third-order valence-corrected chi connectivity index (χ3v) is 6.45. The fourth-order valence-corrected chi connectivity index (χ4v) is 5.33. The molecule has 0 N–H and O–H groups in total. The second-order valence-corrected chi connectivity index (χ2v) is 7.77. The fraction of sp³-hybridized carbons (Fsp3) is 0.0769. The normalized spacial score (nSPS) is 13.6. The second-order valence-electron chi connectivity index (χ2n) is 7.77. The first-order valence-electron chi connectivity index (χ1n) is 9.63. The zero-order valence-electron chi connectivity index (χ0n) is 14.9. The zero-order chi connectivity index (χ0) is 17.5. The molecule has 0 unspecified atom stereocenters. The standard InChI is InChI=1S/C26H17N/c1-3-9-18-16(7-1)13-22-21(18)14-23-20-11-5-6-12-24(20)27-15-17-8-2-4-10-19(17)25(22)26(23)27/h1-12,14H,13,15H2. The van der Waals surface area contributed by atoms with E-state index < -0.39 is 0 Å². The minimum atomic E-state index is 0.957. The predicted molar refractivity (Wildman–Crippen MR) is 112 cm³/mol. The van der Waals surface area contributed by atoms with E-state index in [-0.39, 0.29) is 0 Å². The Morgan fingerprint density at radius 1 is 0.630 bits per heavy atom. The van der Waals surface area contributed by atoms with E-state index in [1.807, 2.05) is 0 Å². The Bertz CT molecular complexity index is 1420. The van der Waals surface area contributed by atoms with Crippen molar-refractivity contribution >= 4 is 21.8 Å². The van der Waals surface area contributed by atoms with E-state index in [2.05, 4.69) is 83.4 Å². The van der Waals surface area contributed by atoms with Crippen LogP contribution >= 0.6 is 0 Å². The molecule has 0 radical (unpaired) electrons. The SMILES string of the molecule is c1ccc2c(c1)Cc1c-2cc2c3ccccc3n3c2c1-c1ccccc1C3. The number of hydrogen-bond acceptors (Lipinski definition) is 0. The molecule has 5 aromatic rings. The highest BCUT2D eigenvalue weighted by molar-refractivity contribution is 6.16. The van der Waals surface area contributed by atoms with E-state index in [4.69, 9.17) is 0 Å². The highest BCUT2D eigenvalue weighted by atomic mass is 15.0. The molecule has 1 aliphatic carbocycles. The summed E-state index contributed by atoms with van der Waals surface area (Å²) in [4.78, 5) is 0. The average Bonchev–Trinajstić information content (AvgIpc) is 3.25. The summed E-state index contributed by atoms with van der Waals surface area (Å²) in [5.41, 5.74) is 12.9. The molecule has 1 aromatic heterocycles. The summed E-state index contributed by atoms with van der Waals surface area (Å²) in [5, 5.41) is 2.76. The molecular formula is C26H17N. The molecule has 0 fully saturated rings. The van der Waals surface area contributed by atoms with Crippen molar-refractivity contribution in [1.29, 1.82) is 0 Å². The van der Waals surface area contributed by atoms with E-state index in [0.29, 0.717) is 0 Å². The number of hydrogen-bond donors (Lipinski definition) is 0. The molecule has 2 heterocycles. The molecule has 1 heteroatoms. The van der Waals surface area contributed by atoms with Crippen LogP contribution in [0.25, 0.3) is 44.1 Å². The lowest BCUT2D eigenvalue weighted by molar-refractivity contribution is 0.859. The molecule has 0 saturated heterocycles. The van der Waals surface area contributed by atoms with Gasteiger partial charge in [0.1, 0.15) is 0 Å². The fourth-order valence-electron chi connectivity index (χ4n) is 5.33. The minimum Gasteiger partial charge on any atom is -0.335 e. The largest absolute Gasteiger partial charge is 0.335 e. The Hall–Kier alpha value is -3.32. The molecule has 4 aromatic carbocycles. The summed E-state index contributed by atoms with van der Waals surface area (Å²) >= 11 is 0. The quantitative estimate of drug-likeness (QED) is 0.300. The molecule has 7 rings (SSSR count). The van der Waals surface area contributed by atoms with Crippen molar-refractivity contribution in [2.24, 2.45) is 0 Å². The van der Waals surface area contributed by atoms with Crippen LogP contribution < -0.4 is 0 Å². The summed E-state index contributed by atoms with van der Waals surface area (Å²) in [7, 11) is 0. The van der Waals surface area contributed by atoms with Gasteiger partial charge in [-0.25, -0.2) is 0 Å². The van der Waals surface area contributed by atoms with Gasteiger partial charge in [0, 0.05) is 28.4 Å². The van der Waals surface area contributed by atoms with Gasteiger partial charge in [0.25, 0.3) is 0 Å². The molecule has 0 amide bonds. The first kappa shape index (κ1) is 13.8. The first-order valence-corrected chi connectivity index (χ1v) is 9.63. The number of aromatic nitrogens is 1. The van der Waals surface area contributed by atoms with Crippen LogP contribution in [0.4, 0.5) is 0 Å². The minimum absolute atomic E-state index is 0.957. The molecule has 0 bridgehead atoms. The number of fused-ring (bicyclic) bond motifs is 9. The van der Waals surface area contributed by atoms with Crippen LogP contribution in [-0.2, 0) is 13.0 Å². The molecule has 126 valence electrons. The Morgan fingerprint density at radius 3 is 2.30 bits per heavy atom. The second kappa shape index (κ2) is 4.69. The molecule has 0 atom stereocenters. The maximum absolute atomic E-state index is 2.53. The van der Waals surface area contributed by atoms with Crippen molar-refractivity contribution in [1.82, 2.24) is 4.57 Å². The lowest BCUT2D eigenvalue weighted by Crippen LogP contribution is -2.08. The van der Waals surface area contributed by atoms with Gasteiger partial charge in [-0.2, -0.15) is 0 Å². The summed E-state index contributed by atoms with van der Waals surface area (Å²) in [6.07, 6.45) is 1.03. The molecule has 0 spiro atoms. The van der Waals surface area contributed by atoms with Crippen molar-refractivity contribution in [3.8, 4) is 22.3 Å². The van der Waals surface area contributed by atoms with Crippen molar-refractivity contribution in [3.05, 3.63) is 95.6 Å². The Kier molecular flexibility index (Phi) is 2.40. The third-order valence-electron chi connectivity index (χ3n) is 6.45. The van der Waals surface area contributed by atoms with Gasteiger partial charge in [-0.1, -0.05) is 66.7 Å². The molecule has 27 heavy (non-hydrogen) atoms. The van der Waals surface area contributed by atoms with Gasteiger partial charge < -0.3 is 4.57 Å². The topological polar surface area (TPSA) is 4.93 Å². The predicted octanol–water partition coefficient (Wildman–Crippen LogP) is 6.39. The van der Waals surface area contributed by atoms with Crippen LogP contribution in [0.1, 0.15) is 16.7 Å². The average molecular weight is 343 g/mol. The number of rotatable bonds is 0. The molecule has 2 aliphatic rings. The third kappa shape index (κ3) is 1.61. The maximum atomic E-state index is 2.53. The number of nitrogens with zero attached hydrogens (tertiary/aromatic N) is 1. The van der Waals surface area contributed by atoms with Crippen molar-refractivity contribution in [2.45, 2.75) is 13.0 Å². The van der Waals surface area contributed by atoms with Gasteiger partial charge in [0.05, 0.1) is 5.52 Å². The highest BCUT2D eigenvalue weighted by Gasteiger charge is 2.29. The summed E-state index contributed by atoms with van der Waals surface area (Å²) in [5.74, 6) is 0. The monoisotopic (exact) mass is 343 g/mol. The van der Waals surface area contributed by atoms with Crippen LogP contribution in [-0.4, -0.2) is 4.57 Å². The van der Waals surface area contributed by atoms with Crippen LogP contribution in [0, 0.1) is 0 Å². The lowest BCUT2D eigenvalue weighted by Gasteiger charge is -2.23. The van der Waals surface area contributed by atoms with E-state index in [0.717, 1.165) is 13.0 Å².